The highest BCUT2D eigenvalue weighted by molar-refractivity contribution is 5.76. The molecule has 4 nitrogen and oxygen atoms in total. The first-order valence-electron chi connectivity index (χ1n) is 6.42. The van der Waals surface area contributed by atoms with Crippen LogP contribution in [0.2, 0.25) is 0 Å². The quantitative estimate of drug-likeness (QED) is 0.721. The van der Waals surface area contributed by atoms with Gasteiger partial charge in [-0.05, 0) is 51.9 Å². The number of rotatable bonds is 3. The number of likely N-dealkylation sites (N-methyl/N-ethyl adjacent to an activating group) is 1. The third kappa shape index (κ3) is 3.46. The van der Waals surface area contributed by atoms with Gasteiger partial charge in [0.2, 0.25) is 5.91 Å². The fraction of sp³-hybridized carbons (Fsp3) is 0.917. The second kappa shape index (κ2) is 5.64. The van der Waals surface area contributed by atoms with E-state index in [0.717, 1.165) is 32.6 Å². The van der Waals surface area contributed by atoms with Gasteiger partial charge in [0, 0.05) is 19.0 Å². The first kappa shape index (κ1) is 11.9. The zero-order valence-corrected chi connectivity index (χ0v) is 10.2. The molecule has 2 aliphatic heterocycles. The molecule has 0 aromatic heterocycles. The molecule has 0 aromatic carbocycles. The van der Waals surface area contributed by atoms with E-state index in [-0.39, 0.29) is 5.91 Å². The van der Waals surface area contributed by atoms with E-state index in [1.807, 2.05) is 0 Å². The molecule has 2 N–H and O–H groups in total. The third-order valence-electron chi connectivity index (χ3n) is 3.63. The van der Waals surface area contributed by atoms with Gasteiger partial charge in [-0.3, -0.25) is 4.79 Å². The molecule has 2 unspecified atom stereocenters. The van der Waals surface area contributed by atoms with Gasteiger partial charge in [-0.25, -0.2) is 0 Å². The van der Waals surface area contributed by atoms with E-state index >= 15 is 0 Å². The van der Waals surface area contributed by atoms with Gasteiger partial charge in [-0.1, -0.05) is 0 Å². The fourth-order valence-electron chi connectivity index (χ4n) is 2.70. The second-order valence-corrected chi connectivity index (χ2v) is 5.23. The van der Waals surface area contributed by atoms with Crippen LogP contribution in [-0.4, -0.2) is 50.1 Å². The van der Waals surface area contributed by atoms with Gasteiger partial charge in [-0.15, -0.1) is 0 Å². The molecule has 92 valence electrons. The maximum Gasteiger partial charge on any atom is 0.220 e. The van der Waals surface area contributed by atoms with Gasteiger partial charge in [0.05, 0.1) is 0 Å². The average molecular weight is 225 g/mol. The molecular formula is C12H23N3O. The number of carbonyl (C=O) groups is 1. The summed E-state index contributed by atoms with van der Waals surface area (Å²) in [4.78, 5) is 14.1. The van der Waals surface area contributed by atoms with E-state index < -0.39 is 0 Å². The van der Waals surface area contributed by atoms with Crippen molar-refractivity contribution in [2.75, 3.05) is 33.2 Å². The molecule has 2 aliphatic rings. The summed E-state index contributed by atoms with van der Waals surface area (Å²) in [7, 11) is 2.11. The van der Waals surface area contributed by atoms with Crippen LogP contribution in [0.25, 0.3) is 0 Å². The molecule has 0 spiro atoms. The van der Waals surface area contributed by atoms with Crippen molar-refractivity contribution in [1.29, 1.82) is 0 Å². The van der Waals surface area contributed by atoms with Crippen LogP contribution in [0.1, 0.15) is 25.7 Å². The van der Waals surface area contributed by atoms with Gasteiger partial charge >= 0.3 is 0 Å². The van der Waals surface area contributed by atoms with E-state index in [4.69, 9.17) is 0 Å². The van der Waals surface area contributed by atoms with Crippen LogP contribution >= 0.6 is 0 Å². The lowest BCUT2D eigenvalue weighted by atomic mass is 9.96. The molecule has 2 fully saturated rings. The molecule has 0 aliphatic carbocycles. The minimum Gasteiger partial charge on any atom is -0.352 e. The zero-order chi connectivity index (χ0) is 11.4. The highest BCUT2D eigenvalue weighted by Crippen LogP contribution is 2.14. The Morgan fingerprint density at radius 1 is 1.50 bits per heavy atom. The van der Waals surface area contributed by atoms with Crippen molar-refractivity contribution in [2.24, 2.45) is 5.92 Å². The standard InChI is InChI=1S/C12H23N3O/c1-15-6-4-11(9-15)14-12(16)7-10-3-2-5-13-8-10/h10-11,13H,2-9H2,1H3,(H,14,16). The molecule has 4 heteroatoms. The number of nitrogens with zero attached hydrogens (tertiary/aromatic N) is 1. The molecule has 16 heavy (non-hydrogen) atoms. The van der Waals surface area contributed by atoms with E-state index in [1.54, 1.807) is 0 Å². The van der Waals surface area contributed by atoms with Gasteiger partial charge in [0.1, 0.15) is 0 Å². The fourth-order valence-corrected chi connectivity index (χ4v) is 2.70. The Labute approximate surface area is 97.8 Å². The Balaban J connectivity index is 1.67. The average Bonchev–Trinajstić information content (AvgIpc) is 2.65. The smallest absolute Gasteiger partial charge is 0.220 e. The molecule has 2 rings (SSSR count). The monoisotopic (exact) mass is 225 g/mol. The number of hydrogen-bond donors (Lipinski definition) is 2. The molecular weight excluding hydrogens is 202 g/mol. The van der Waals surface area contributed by atoms with Crippen LogP contribution in [-0.2, 0) is 4.79 Å². The lowest BCUT2D eigenvalue weighted by Crippen LogP contribution is -2.39. The summed E-state index contributed by atoms with van der Waals surface area (Å²) in [5.41, 5.74) is 0. The zero-order valence-electron chi connectivity index (χ0n) is 10.2. The molecule has 2 saturated heterocycles. The van der Waals surface area contributed by atoms with Crippen molar-refractivity contribution in [3.63, 3.8) is 0 Å². The Hall–Kier alpha value is -0.610. The summed E-state index contributed by atoms with van der Waals surface area (Å²) in [5.74, 6) is 0.793. The largest absolute Gasteiger partial charge is 0.352 e. The number of nitrogens with one attached hydrogen (secondary N) is 2. The second-order valence-electron chi connectivity index (χ2n) is 5.23. The van der Waals surface area contributed by atoms with E-state index in [1.165, 1.54) is 12.8 Å². The van der Waals surface area contributed by atoms with Gasteiger partial charge in [-0.2, -0.15) is 0 Å². The number of amides is 1. The molecule has 0 aromatic rings. The summed E-state index contributed by atoms with van der Waals surface area (Å²) in [6, 6.07) is 0.383. The lowest BCUT2D eigenvalue weighted by Gasteiger charge is -2.23. The van der Waals surface area contributed by atoms with Crippen LogP contribution in [0, 0.1) is 5.92 Å². The van der Waals surface area contributed by atoms with E-state index in [9.17, 15) is 4.79 Å². The van der Waals surface area contributed by atoms with Crippen molar-refractivity contribution in [3.05, 3.63) is 0 Å². The van der Waals surface area contributed by atoms with Crippen LogP contribution in [0.4, 0.5) is 0 Å². The first-order chi connectivity index (χ1) is 7.74. The number of hydrogen-bond acceptors (Lipinski definition) is 3. The van der Waals surface area contributed by atoms with Crippen LogP contribution < -0.4 is 10.6 Å². The van der Waals surface area contributed by atoms with Gasteiger partial charge in [0.15, 0.2) is 0 Å². The topological polar surface area (TPSA) is 44.4 Å². The SMILES string of the molecule is CN1CCC(NC(=O)CC2CCCNC2)C1. The van der Waals surface area contributed by atoms with Crippen LogP contribution in [0.15, 0.2) is 0 Å². The molecule has 1 amide bonds. The van der Waals surface area contributed by atoms with Crippen molar-refractivity contribution >= 4 is 5.91 Å². The third-order valence-corrected chi connectivity index (χ3v) is 3.63. The van der Waals surface area contributed by atoms with Crippen LogP contribution in [0.5, 0.6) is 0 Å². The minimum atomic E-state index is 0.244. The lowest BCUT2D eigenvalue weighted by molar-refractivity contribution is -0.122. The Morgan fingerprint density at radius 3 is 3.00 bits per heavy atom. The van der Waals surface area contributed by atoms with Gasteiger partial charge < -0.3 is 15.5 Å². The molecule has 0 bridgehead atoms. The van der Waals surface area contributed by atoms with Crippen molar-refractivity contribution in [1.82, 2.24) is 15.5 Å². The molecule has 0 radical (unpaired) electrons. The Morgan fingerprint density at radius 2 is 2.38 bits per heavy atom. The predicted molar refractivity (Wildman–Crippen MR) is 64.3 cm³/mol. The highest BCUT2D eigenvalue weighted by Gasteiger charge is 2.23. The maximum absolute atomic E-state index is 11.8. The Bertz CT molecular complexity index is 230. The number of likely N-dealkylation sites (tertiary alicyclic amines) is 1. The van der Waals surface area contributed by atoms with Gasteiger partial charge in [0.25, 0.3) is 0 Å². The Kier molecular flexibility index (Phi) is 4.18. The normalized spacial score (nSPS) is 31.6. The molecule has 0 saturated carbocycles. The van der Waals surface area contributed by atoms with Crippen molar-refractivity contribution < 1.29 is 4.79 Å². The molecule has 2 heterocycles. The maximum atomic E-state index is 11.8. The van der Waals surface area contributed by atoms with E-state index in [0.29, 0.717) is 18.4 Å². The summed E-state index contributed by atoms with van der Waals surface area (Å²) >= 11 is 0. The first-order valence-corrected chi connectivity index (χ1v) is 6.42. The summed E-state index contributed by atoms with van der Waals surface area (Å²) in [6.07, 6.45) is 4.22. The summed E-state index contributed by atoms with van der Waals surface area (Å²) < 4.78 is 0. The highest BCUT2D eigenvalue weighted by atomic mass is 16.1. The summed E-state index contributed by atoms with van der Waals surface area (Å²) in [5, 5.41) is 6.50. The minimum absolute atomic E-state index is 0.244. The van der Waals surface area contributed by atoms with E-state index in [2.05, 4.69) is 22.6 Å². The number of piperidine rings is 1. The van der Waals surface area contributed by atoms with Crippen LogP contribution in [0.3, 0.4) is 0 Å². The van der Waals surface area contributed by atoms with Crippen molar-refractivity contribution in [3.8, 4) is 0 Å². The predicted octanol–water partition coefficient (Wildman–Crippen LogP) is 0.196. The number of carbonyl (C=O) groups excluding carboxylic acids is 1. The molecule has 2 atom stereocenters. The van der Waals surface area contributed by atoms with Crippen molar-refractivity contribution in [2.45, 2.75) is 31.7 Å². The summed E-state index contributed by atoms with van der Waals surface area (Å²) in [6.45, 7) is 4.24.